The summed E-state index contributed by atoms with van der Waals surface area (Å²) in [6.07, 6.45) is 1.00. The average Bonchev–Trinajstić information content (AvgIpc) is 2.34. The highest BCUT2D eigenvalue weighted by molar-refractivity contribution is 7.99. The SMILES string of the molecule is CCCN1CCSCC1(F)c1ccccc1. The van der Waals surface area contributed by atoms with Crippen LogP contribution in [0.2, 0.25) is 0 Å². The molecule has 1 aliphatic heterocycles. The number of hydrogen-bond acceptors (Lipinski definition) is 2. The van der Waals surface area contributed by atoms with Gasteiger partial charge in [0.05, 0.1) is 0 Å². The molecule has 88 valence electrons. The molecule has 1 aliphatic rings. The molecule has 0 amide bonds. The Morgan fingerprint density at radius 3 is 2.81 bits per heavy atom. The van der Waals surface area contributed by atoms with E-state index >= 15 is 4.39 Å². The standard InChI is InChI=1S/C13H18FNS/c1-2-8-15-9-10-16-11-13(15,14)12-6-4-3-5-7-12/h3-7H,2,8-11H2,1H3. The summed E-state index contributed by atoms with van der Waals surface area (Å²) in [5, 5.41) is 0. The second-order valence-electron chi connectivity index (χ2n) is 4.16. The van der Waals surface area contributed by atoms with Crippen LogP contribution in [0.3, 0.4) is 0 Å². The maximum absolute atomic E-state index is 15.1. The molecule has 0 saturated carbocycles. The number of rotatable bonds is 3. The molecule has 1 aromatic rings. The number of halogens is 1. The third-order valence-corrected chi connectivity index (χ3v) is 4.07. The van der Waals surface area contributed by atoms with Crippen LogP contribution in [0.4, 0.5) is 4.39 Å². The van der Waals surface area contributed by atoms with E-state index in [2.05, 4.69) is 6.92 Å². The average molecular weight is 239 g/mol. The first kappa shape index (κ1) is 11.9. The lowest BCUT2D eigenvalue weighted by Gasteiger charge is -2.41. The fourth-order valence-corrected chi connectivity index (χ4v) is 3.28. The molecular weight excluding hydrogens is 221 g/mol. The van der Waals surface area contributed by atoms with Crippen LogP contribution in [0.25, 0.3) is 0 Å². The van der Waals surface area contributed by atoms with Gasteiger partial charge in [-0.3, -0.25) is 4.90 Å². The molecule has 0 bridgehead atoms. The monoisotopic (exact) mass is 239 g/mol. The molecule has 3 heteroatoms. The summed E-state index contributed by atoms with van der Waals surface area (Å²) >= 11 is 1.71. The van der Waals surface area contributed by atoms with E-state index in [9.17, 15) is 0 Å². The molecule has 0 aliphatic carbocycles. The van der Waals surface area contributed by atoms with Gasteiger partial charge in [-0.25, -0.2) is 4.39 Å². The fraction of sp³-hybridized carbons (Fsp3) is 0.538. The molecule has 0 radical (unpaired) electrons. The number of benzene rings is 1. The molecule has 1 fully saturated rings. The summed E-state index contributed by atoms with van der Waals surface area (Å²) in [6, 6.07) is 9.57. The van der Waals surface area contributed by atoms with Gasteiger partial charge < -0.3 is 0 Å². The van der Waals surface area contributed by atoms with Crippen molar-refractivity contribution in [3.63, 3.8) is 0 Å². The van der Waals surface area contributed by atoms with Crippen molar-refractivity contribution in [2.24, 2.45) is 0 Å². The molecule has 0 aromatic heterocycles. The van der Waals surface area contributed by atoms with Gasteiger partial charge in [0.25, 0.3) is 0 Å². The van der Waals surface area contributed by atoms with Crippen LogP contribution in [0, 0.1) is 0 Å². The summed E-state index contributed by atoms with van der Waals surface area (Å²) < 4.78 is 15.1. The van der Waals surface area contributed by atoms with E-state index in [1.54, 1.807) is 11.8 Å². The zero-order valence-corrected chi connectivity index (χ0v) is 10.5. The van der Waals surface area contributed by atoms with E-state index in [-0.39, 0.29) is 0 Å². The van der Waals surface area contributed by atoms with Gasteiger partial charge in [-0.05, 0) is 6.42 Å². The lowest BCUT2D eigenvalue weighted by molar-refractivity contribution is -0.0190. The van der Waals surface area contributed by atoms with Gasteiger partial charge in [0.15, 0.2) is 5.79 Å². The van der Waals surface area contributed by atoms with Crippen LogP contribution in [0.15, 0.2) is 30.3 Å². The van der Waals surface area contributed by atoms with Crippen molar-refractivity contribution in [3.8, 4) is 0 Å². The van der Waals surface area contributed by atoms with Crippen molar-refractivity contribution in [2.75, 3.05) is 24.6 Å². The van der Waals surface area contributed by atoms with Crippen molar-refractivity contribution >= 4 is 11.8 Å². The largest absolute Gasteiger partial charge is 0.266 e. The van der Waals surface area contributed by atoms with Gasteiger partial charge in [-0.2, -0.15) is 11.8 Å². The molecule has 0 spiro atoms. The second kappa shape index (κ2) is 5.19. The summed E-state index contributed by atoms with van der Waals surface area (Å²) in [6.45, 7) is 3.79. The topological polar surface area (TPSA) is 3.24 Å². The Balaban J connectivity index is 2.26. The molecular formula is C13H18FNS. The second-order valence-corrected chi connectivity index (χ2v) is 5.27. The van der Waals surface area contributed by atoms with Gasteiger partial charge in [-0.1, -0.05) is 37.3 Å². The first-order valence-corrected chi connectivity index (χ1v) is 7.00. The maximum atomic E-state index is 15.1. The third-order valence-electron chi connectivity index (χ3n) is 3.01. The maximum Gasteiger partial charge on any atom is 0.198 e. The van der Waals surface area contributed by atoms with E-state index < -0.39 is 5.79 Å². The predicted octanol–water partition coefficient (Wildman–Crippen LogP) is 3.27. The molecule has 16 heavy (non-hydrogen) atoms. The Morgan fingerprint density at radius 1 is 1.38 bits per heavy atom. The predicted molar refractivity (Wildman–Crippen MR) is 68.4 cm³/mol. The van der Waals surface area contributed by atoms with Gasteiger partial charge >= 0.3 is 0 Å². The zero-order chi connectivity index (χ0) is 11.4. The van der Waals surface area contributed by atoms with E-state index in [1.807, 2.05) is 35.2 Å². The minimum atomic E-state index is -1.26. The summed E-state index contributed by atoms with van der Waals surface area (Å²) in [5.41, 5.74) is 0.802. The number of nitrogens with zero attached hydrogens (tertiary/aromatic N) is 1. The Bertz CT molecular complexity index is 328. The highest BCUT2D eigenvalue weighted by Gasteiger charge is 2.40. The molecule has 2 rings (SSSR count). The van der Waals surface area contributed by atoms with Crippen LogP contribution in [0.1, 0.15) is 18.9 Å². The normalized spacial score (nSPS) is 26.9. The van der Waals surface area contributed by atoms with E-state index in [0.29, 0.717) is 5.75 Å². The molecule has 1 nitrogen and oxygen atoms in total. The third kappa shape index (κ3) is 2.25. The highest BCUT2D eigenvalue weighted by Crippen LogP contribution is 2.37. The minimum Gasteiger partial charge on any atom is -0.266 e. The summed E-state index contributed by atoms with van der Waals surface area (Å²) in [4.78, 5) is 1.98. The van der Waals surface area contributed by atoms with Gasteiger partial charge in [0, 0.05) is 30.2 Å². The van der Waals surface area contributed by atoms with Crippen LogP contribution >= 0.6 is 11.8 Å². The molecule has 1 heterocycles. The van der Waals surface area contributed by atoms with Crippen molar-refractivity contribution < 1.29 is 4.39 Å². The Kier molecular flexibility index (Phi) is 3.87. The minimum absolute atomic E-state index is 0.553. The fourth-order valence-electron chi connectivity index (χ4n) is 2.17. The van der Waals surface area contributed by atoms with Gasteiger partial charge in [-0.15, -0.1) is 0 Å². The molecule has 1 atom stereocenters. The van der Waals surface area contributed by atoms with E-state index in [1.165, 1.54) is 0 Å². The van der Waals surface area contributed by atoms with Crippen LogP contribution in [-0.2, 0) is 5.79 Å². The molecule has 1 unspecified atom stereocenters. The van der Waals surface area contributed by atoms with Crippen LogP contribution in [-0.4, -0.2) is 29.5 Å². The smallest absolute Gasteiger partial charge is 0.198 e. The Hall–Kier alpha value is -0.540. The zero-order valence-electron chi connectivity index (χ0n) is 9.66. The Labute approximate surface area is 101 Å². The summed E-state index contributed by atoms with van der Waals surface area (Å²) in [7, 11) is 0. The molecule has 0 N–H and O–H groups in total. The number of alkyl halides is 1. The molecule has 1 saturated heterocycles. The number of thioether (sulfide) groups is 1. The van der Waals surface area contributed by atoms with Crippen molar-refractivity contribution in [1.29, 1.82) is 0 Å². The van der Waals surface area contributed by atoms with Gasteiger partial charge in [0.2, 0.25) is 0 Å². The van der Waals surface area contributed by atoms with Crippen LogP contribution in [0.5, 0.6) is 0 Å². The van der Waals surface area contributed by atoms with E-state index in [0.717, 1.165) is 30.8 Å². The first-order chi connectivity index (χ1) is 7.77. The lowest BCUT2D eigenvalue weighted by atomic mass is 10.0. The quantitative estimate of drug-likeness (QED) is 0.745. The van der Waals surface area contributed by atoms with E-state index in [4.69, 9.17) is 0 Å². The Morgan fingerprint density at radius 2 is 2.12 bits per heavy atom. The lowest BCUT2D eigenvalue weighted by Crippen LogP contribution is -2.49. The number of hydrogen-bond donors (Lipinski definition) is 0. The van der Waals surface area contributed by atoms with Crippen molar-refractivity contribution in [1.82, 2.24) is 4.90 Å². The first-order valence-electron chi connectivity index (χ1n) is 5.84. The molecule has 1 aromatic carbocycles. The van der Waals surface area contributed by atoms with Crippen LogP contribution < -0.4 is 0 Å². The summed E-state index contributed by atoms with van der Waals surface area (Å²) in [5.74, 6) is 0.329. The highest BCUT2D eigenvalue weighted by atomic mass is 32.2. The van der Waals surface area contributed by atoms with Gasteiger partial charge in [0.1, 0.15) is 0 Å². The van der Waals surface area contributed by atoms with Crippen molar-refractivity contribution in [3.05, 3.63) is 35.9 Å². The van der Waals surface area contributed by atoms with Crippen molar-refractivity contribution in [2.45, 2.75) is 19.1 Å².